The van der Waals surface area contributed by atoms with Gasteiger partial charge in [-0.05, 0) is 13.8 Å². The third-order valence-corrected chi connectivity index (χ3v) is 2.38. The maximum Gasteiger partial charge on any atom is 0.169 e. The lowest BCUT2D eigenvalue weighted by molar-refractivity contribution is 0.278. The summed E-state index contributed by atoms with van der Waals surface area (Å²) in [5.74, 6) is 0. The molecule has 0 aliphatic rings. The molecule has 0 saturated heterocycles. The maximum atomic E-state index is 11.0. The van der Waals surface area contributed by atoms with E-state index in [9.17, 15) is 4.21 Å². The van der Waals surface area contributed by atoms with Crippen LogP contribution in [0.5, 0.6) is 0 Å². The maximum absolute atomic E-state index is 11.0. The van der Waals surface area contributed by atoms with Gasteiger partial charge in [-0.3, -0.25) is 4.68 Å². The monoisotopic (exact) mass is 203 g/mol. The predicted octanol–water partition coefficient (Wildman–Crippen LogP) is -0.0624. The van der Waals surface area contributed by atoms with E-state index in [2.05, 4.69) is 5.10 Å². The van der Waals surface area contributed by atoms with Crippen LogP contribution in [0.1, 0.15) is 25.5 Å². The molecule has 1 aromatic heterocycles. The van der Waals surface area contributed by atoms with Gasteiger partial charge in [0, 0.05) is 17.8 Å². The van der Waals surface area contributed by atoms with E-state index in [1.807, 2.05) is 13.8 Å². The fourth-order valence-electron chi connectivity index (χ4n) is 0.955. The van der Waals surface area contributed by atoms with Crippen LogP contribution in [0.15, 0.2) is 11.2 Å². The molecule has 6 heteroatoms. The number of nitrogens with zero attached hydrogens (tertiary/aromatic N) is 2. The molecule has 0 fully saturated rings. The van der Waals surface area contributed by atoms with Gasteiger partial charge in [0.15, 0.2) is 5.03 Å². The van der Waals surface area contributed by atoms with E-state index in [-0.39, 0.29) is 17.7 Å². The Bertz CT molecular complexity index is 322. The van der Waals surface area contributed by atoms with Crippen molar-refractivity contribution in [3.05, 3.63) is 11.8 Å². The first-order valence-electron chi connectivity index (χ1n) is 3.91. The summed E-state index contributed by atoms with van der Waals surface area (Å²) in [6.45, 7) is 3.69. The molecule has 0 aliphatic carbocycles. The molecule has 0 aromatic carbocycles. The summed E-state index contributed by atoms with van der Waals surface area (Å²) >= 11 is 0. The molecule has 3 N–H and O–H groups in total. The van der Waals surface area contributed by atoms with Crippen LogP contribution < -0.4 is 5.14 Å². The van der Waals surface area contributed by atoms with Gasteiger partial charge in [0.2, 0.25) is 0 Å². The van der Waals surface area contributed by atoms with Crippen LogP contribution in [0.2, 0.25) is 0 Å². The zero-order valence-corrected chi connectivity index (χ0v) is 8.41. The minimum Gasteiger partial charge on any atom is -0.392 e. The highest BCUT2D eigenvalue weighted by Gasteiger charge is 2.12. The van der Waals surface area contributed by atoms with Crippen molar-refractivity contribution in [1.29, 1.82) is 0 Å². The van der Waals surface area contributed by atoms with Crippen LogP contribution in [-0.2, 0) is 17.6 Å². The first-order valence-corrected chi connectivity index (χ1v) is 5.12. The molecule has 1 aromatic rings. The van der Waals surface area contributed by atoms with Gasteiger partial charge >= 0.3 is 0 Å². The van der Waals surface area contributed by atoms with Crippen molar-refractivity contribution in [2.75, 3.05) is 0 Å². The van der Waals surface area contributed by atoms with Crippen LogP contribution in [0.4, 0.5) is 0 Å². The average Bonchev–Trinajstić information content (AvgIpc) is 2.47. The zero-order chi connectivity index (χ0) is 10.0. The van der Waals surface area contributed by atoms with E-state index < -0.39 is 11.0 Å². The van der Waals surface area contributed by atoms with Gasteiger partial charge in [-0.2, -0.15) is 5.10 Å². The van der Waals surface area contributed by atoms with Gasteiger partial charge in [-0.25, -0.2) is 9.35 Å². The van der Waals surface area contributed by atoms with Crippen LogP contribution >= 0.6 is 0 Å². The first-order chi connectivity index (χ1) is 6.06. The Morgan fingerprint density at radius 2 is 2.38 bits per heavy atom. The highest BCUT2D eigenvalue weighted by Crippen LogP contribution is 2.12. The zero-order valence-electron chi connectivity index (χ0n) is 7.60. The average molecular weight is 203 g/mol. The number of aromatic nitrogens is 2. The molecule has 0 amide bonds. The highest BCUT2D eigenvalue weighted by molar-refractivity contribution is 7.82. The third-order valence-electron chi connectivity index (χ3n) is 1.66. The lowest BCUT2D eigenvalue weighted by Crippen LogP contribution is -2.07. The minimum absolute atomic E-state index is 0.169. The molecule has 1 heterocycles. The summed E-state index contributed by atoms with van der Waals surface area (Å²) in [6, 6.07) is 0.169. The molecule has 0 bridgehead atoms. The standard InChI is InChI=1S/C7H13N3O2S/c1-5(2)10-3-6(4-11)7(9-10)13(8)12/h3,5,11H,4,8H2,1-2H3. The minimum atomic E-state index is -1.63. The summed E-state index contributed by atoms with van der Waals surface area (Å²) < 4.78 is 12.6. The largest absolute Gasteiger partial charge is 0.392 e. The summed E-state index contributed by atoms with van der Waals surface area (Å²) in [5.41, 5.74) is 0.523. The second kappa shape index (κ2) is 3.99. The molecule has 1 rings (SSSR count). The Morgan fingerprint density at radius 3 is 2.69 bits per heavy atom. The molecule has 74 valence electrons. The quantitative estimate of drug-likeness (QED) is 0.722. The Balaban J connectivity index is 3.11. The van der Waals surface area contributed by atoms with Crippen molar-refractivity contribution in [1.82, 2.24) is 9.78 Å². The Kier molecular flexibility index (Phi) is 3.18. The number of aliphatic hydroxyl groups is 1. The van der Waals surface area contributed by atoms with Crippen molar-refractivity contribution in [3.8, 4) is 0 Å². The van der Waals surface area contributed by atoms with Crippen molar-refractivity contribution in [2.24, 2.45) is 5.14 Å². The van der Waals surface area contributed by atoms with Crippen molar-refractivity contribution in [2.45, 2.75) is 31.5 Å². The Hall–Kier alpha value is -0.720. The Labute approximate surface area is 79.1 Å². The number of nitrogens with two attached hydrogens (primary N) is 1. The number of hydrogen-bond acceptors (Lipinski definition) is 3. The van der Waals surface area contributed by atoms with Gasteiger partial charge in [-0.1, -0.05) is 0 Å². The SMILES string of the molecule is CC(C)n1cc(CO)c(S(N)=O)n1. The molecule has 0 aliphatic heterocycles. The smallest absolute Gasteiger partial charge is 0.169 e. The Morgan fingerprint density at radius 1 is 1.77 bits per heavy atom. The van der Waals surface area contributed by atoms with E-state index in [0.29, 0.717) is 5.56 Å². The molecule has 5 nitrogen and oxygen atoms in total. The van der Waals surface area contributed by atoms with Gasteiger partial charge in [0.1, 0.15) is 11.0 Å². The normalized spacial score (nSPS) is 13.6. The molecule has 1 atom stereocenters. The van der Waals surface area contributed by atoms with Crippen LogP contribution in [0.3, 0.4) is 0 Å². The van der Waals surface area contributed by atoms with Gasteiger partial charge < -0.3 is 5.11 Å². The van der Waals surface area contributed by atoms with E-state index in [1.54, 1.807) is 10.9 Å². The second-order valence-corrected chi connectivity index (χ2v) is 3.97. The lowest BCUT2D eigenvalue weighted by atomic mass is 10.4. The topological polar surface area (TPSA) is 81.1 Å². The second-order valence-electron chi connectivity index (χ2n) is 2.99. The van der Waals surface area contributed by atoms with E-state index >= 15 is 0 Å². The van der Waals surface area contributed by atoms with Crippen molar-refractivity contribution in [3.63, 3.8) is 0 Å². The number of hydrogen-bond donors (Lipinski definition) is 2. The fraction of sp³-hybridized carbons (Fsp3) is 0.571. The van der Waals surface area contributed by atoms with Gasteiger partial charge in [-0.15, -0.1) is 0 Å². The van der Waals surface area contributed by atoms with Crippen LogP contribution in [-0.4, -0.2) is 19.1 Å². The molecule has 0 saturated carbocycles. The lowest BCUT2D eigenvalue weighted by Gasteiger charge is -2.02. The molecule has 0 radical (unpaired) electrons. The van der Waals surface area contributed by atoms with Gasteiger partial charge in [0.25, 0.3) is 0 Å². The summed E-state index contributed by atoms with van der Waals surface area (Å²) in [4.78, 5) is 0. The predicted molar refractivity (Wildman–Crippen MR) is 49.1 cm³/mol. The summed E-state index contributed by atoms with van der Waals surface area (Å²) in [6.07, 6.45) is 1.66. The summed E-state index contributed by atoms with van der Waals surface area (Å²) in [5, 5.41) is 18.4. The third kappa shape index (κ3) is 2.15. The van der Waals surface area contributed by atoms with E-state index in [1.165, 1.54) is 0 Å². The van der Waals surface area contributed by atoms with E-state index in [0.717, 1.165) is 0 Å². The molecule has 1 unspecified atom stereocenters. The molecule has 13 heavy (non-hydrogen) atoms. The van der Waals surface area contributed by atoms with Crippen LogP contribution in [0.25, 0.3) is 0 Å². The number of aliphatic hydroxyl groups excluding tert-OH is 1. The number of rotatable bonds is 3. The van der Waals surface area contributed by atoms with Gasteiger partial charge in [0.05, 0.1) is 6.61 Å². The first kappa shape index (κ1) is 10.4. The van der Waals surface area contributed by atoms with E-state index in [4.69, 9.17) is 10.2 Å². The van der Waals surface area contributed by atoms with Crippen molar-refractivity contribution < 1.29 is 9.32 Å². The highest BCUT2D eigenvalue weighted by atomic mass is 32.2. The molecular weight excluding hydrogens is 190 g/mol. The molecular formula is C7H13N3O2S. The summed E-state index contributed by atoms with van der Waals surface area (Å²) in [7, 11) is -1.63. The fourth-order valence-corrected chi connectivity index (χ4v) is 1.51. The van der Waals surface area contributed by atoms with Crippen molar-refractivity contribution >= 4 is 11.0 Å². The molecule has 0 spiro atoms. The van der Waals surface area contributed by atoms with Crippen LogP contribution in [0, 0.1) is 0 Å².